The molecule has 0 radical (unpaired) electrons. The van der Waals surface area contributed by atoms with Crippen LogP contribution in [0.2, 0.25) is 0 Å². The molecular formula is C25H21BrN2O5. The highest BCUT2D eigenvalue weighted by molar-refractivity contribution is 9.10. The zero-order chi connectivity index (χ0) is 23.3. The number of nitrogens with zero attached hydrogens (tertiary/aromatic N) is 2. The van der Waals surface area contributed by atoms with Gasteiger partial charge >= 0.3 is 0 Å². The van der Waals surface area contributed by atoms with E-state index in [1.165, 1.54) is 12.0 Å². The number of para-hydroxylation sites is 1. The summed E-state index contributed by atoms with van der Waals surface area (Å²) in [7, 11) is 1.46. The number of fused-ring (bicyclic) bond motifs is 1. The Hall–Kier alpha value is -3.36. The number of phenolic OH excluding ortho intramolecular Hbond substituents is 1. The average Bonchev–Trinajstić information content (AvgIpc) is 3.33. The Kier molecular flexibility index (Phi) is 5.34. The van der Waals surface area contributed by atoms with E-state index < -0.39 is 24.0 Å². The van der Waals surface area contributed by atoms with Crippen molar-refractivity contribution in [2.75, 3.05) is 17.1 Å². The van der Waals surface area contributed by atoms with Crippen molar-refractivity contribution >= 4 is 39.1 Å². The number of carbonyl (C=O) groups excluding carboxylic acids is 2. The van der Waals surface area contributed by atoms with E-state index in [2.05, 4.69) is 15.9 Å². The first-order chi connectivity index (χ1) is 15.9. The second-order valence-electron chi connectivity index (χ2n) is 8.06. The number of aryl methyl sites for hydroxylation is 1. The molecule has 3 atom stereocenters. The van der Waals surface area contributed by atoms with E-state index in [9.17, 15) is 14.7 Å². The van der Waals surface area contributed by atoms with Crippen LogP contribution in [0.25, 0.3) is 0 Å². The van der Waals surface area contributed by atoms with Gasteiger partial charge in [-0.25, -0.2) is 9.96 Å². The van der Waals surface area contributed by atoms with E-state index in [1.54, 1.807) is 29.3 Å². The first-order valence-corrected chi connectivity index (χ1v) is 11.2. The number of phenols is 1. The predicted molar refractivity (Wildman–Crippen MR) is 126 cm³/mol. The van der Waals surface area contributed by atoms with E-state index in [0.717, 1.165) is 5.56 Å². The van der Waals surface area contributed by atoms with Gasteiger partial charge in [0.25, 0.3) is 5.91 Å². The molecule has 5 rings (SSSR count). The largest absolute Gasteiger partial charge is 0.503 e. The van der Waals surface area contributed by atoms with Gasteiger partial charge in [-0.05, 0) is 64.8 Å². The maximum Gasteiger partial charge on any atom is 0.266 e. The van der Waals surface area contributed by atoms with Gasteiger partial charge < -0.3 is 9.84 Å². The molecule has 0 saturated carbocycles. The SMILES string of the molecule is COc1cc([C@H]2[C@H]3C(=O)N(c4ccc(C)cc4)C(=O)[C@@H]3ON2c2ccccc2)cc(Br)c1O. The normalized spacial score (nSPS) is 22.1. The topological polar surface area (TPSA) is 79.3 Å². The minimum Gasteiger partial charge on any atom is -0.503 e. The molecular weight excluding hydrogens is 488 g/mol. The number of benzene rings is 3. The Morgan fingerprint density at radius 2 is 1.67 bits per heavy atom. The van der Waals surface area contributed by atoms with Crippen LogP contribution in [0.4, 0.5) is 11.4 Å². The highest BCUT2D eigenvalue weighted by Gasteiger charge is 2.60. The molecule has 2 fully saturated rings. The van der Waals surface area contributed by atoms with Gasteiger partial charge in [0.1, 0.15) is 5.92 Å². The highest BCUT2D eigenvalue weighted by Crippen LogP contribution is 2.49. The summed E-state index contributed by atoms with van der Waals surface area (Å²) in [5.41, 5.74) is 2.92. The molecule has 7 nitrogen and oxygen atoms in total. The van der Waals surface area contributed by atoms with Crippen LogP contribution in [0.3, 0.4) is 0 Å². The summed E-state index contributed by atoms with van der Waals surface area (Å²) in [5.74, 6) is -1.30. The van der Waals surface area contributed by atoms with Crippen molar-refractivity contribution < 1.29 is 24.3 Å². The standard InChI is InChI=1S/C25H21BrN2O5/c1-14-8-10-16(11-9-14)27-24(30)20-21(15-12-18(26)22(29)19(13-15)32-2)28(33-23(20)25(27)31)17-6-4-3-5-7-17/h3-13,20-21,23,29H,1-2H3/t20-,21+,23-/m1/s1. The van der Waals surface area contributed by atoms with Crippen LogP contribution in [0.15, 0.2) is 71.2 Å². The summed E-state index contributed by atoms with van der Waals surface area (Å²) in [6, 6.07) is 19.3. The lowest BCUT2D eigenvalue weighted by atomic mass is 9.90. The van der Waals surface area contributed by atoms with Crippen molar-refractivity contribution in [2.45, 2.75) is 19.1 Å². The van der Waals surface area contributed by atoms with Crippen LogP contribution < -0.4 is 14.7 Å². The van der Waals surface area contributed by atoms with Crippen LogP contribution >= 0.6 is 15.9 Å². The number of rotatable bonds is 4. The number of ether oxygens (including phenoxy) is 1. The van der Waals surface area contributed by atoms with Crippen molar-refractivity contribution in [2.24, 2.45) is 5.92 Å². The van der Waals surface area contributed by atoms with Crippen LogP contribution in [-0.2, 0) is 14.4 Å². The number of hydrogen-bond acceptors (Lipinski definition) is 6. The quantitative estimate of drug-likeness (QED) is 0.521. The molecule has 0 spiro atoms. The van der Waals surface area contributed by atoms with Crippen molar-refractivity contribution in [1.82, 2.24) is 0 Å². The summed E-state index contributed by atoms with van der Waals surface area (Å²) in [6.07, 6.45) is -0.970. The Morgan fingerprint density at radius 1 is 0.970 bits per heavy atom. The number of carbonyl (C=O) groups is 2. The molecule has 1 N–H and O–H groups in total. The third-order valence-corrected chi connectivity index (χ3v) is 6.63. The van der Waals surface area contributed by atoms with E-state index in [1.807, 2.05) is 49.4 Å². The van der Waals surface area contributed by atoms with Crippen molar-refractivity contribution in [3.63, 3.8) is 0 Å². The lowest BCUT2D eigenvalue weighted by Crippen LogP contribution is -2.37. The maximum atomic E-state index is 13.7. The summed E-state index contributed by atoms with van der Waals surface area (Å²) < 4.78 is 5.74. The van der Waals surface area contributed by atoms with E-state index in [-0.39, 0.29) is 17.4 Å². The molecule has 2 saturated heterocycles. The zero-order valence-electron chi connectivity index (χ0n) is 17.9. The van der Waals surface area contributed by atoms with E-state index in [4.69, 9.17) is 9.57 Å². The first kappa shape index (κ1) is 21.5. The van der Waals surface area contributed by atoms with Crippen molar-refractivity contribution in [1.29, 1.82) is 0 Å². The molecule has 3 aromatic rings. The number of aromatic hydroxyl groups is 1. The smallest absolute Gasteiger partial charge is 0.266 e. The van der Waals surface area contributed by atoms with Gasteiger partial charge in [0.2, 0.25) is 5.91 Å². The fourth-order valence-electron chi connectivity index (χ4n) is 4.42. The zero-order valence-corrected chi connectivity index (χ0v) is 19.5. The number of hydroxylamine groups is 1. The van der Waals surface area contributed by atoms with Crippen LogP contribution in [0.1, 0.15) is 17.2 Å². The third-order valence-electron chi connectivity index (χ3n) is 6.03. The Labute approximate surface area is 199 Å². The van der Waals surface area contributed by atoms with Gasteiger partial charge in [-0.2, -0.15) is 0 Å². The lowest BCUT2D eigenvalue weighted by Gasteiger charge is -2.29. The molecule has 0 bridgehead atoms. The second-order valence-corrected chi connectivity index (χ2v) is 8.91. The van der Waals surface area contributed by atoms with Gasteiger partial charge in [-0.1, -0.05) is 35.9 Å². The van der Waals surface area contributed by atoms with Gasteiger partial charge in [0.05, 0.1) is 29.0 Å². The van der Waals surface area contributed by atoms with Crippen molar-refractivity contribution in [3.8, 4) is 11.5 Å². The maximum absolute atomic E-state index is 13.7. The monoisotopic (exact) mass is 508 g/mol. The second kappa shape index (κ2) is 8.20. The van der Waals surface area contributed by atoms with E-state index >= 15 is 0 Å². The number of hydrogen-bond donors (Lipinski definition) is 1. The average molecular weight is 509 g/mol. The minimum atomic E-state index is -0.970. The molecule has 33 heavy (non-hydrogen) atoms. The molecule has 2 amide bonds. The van der Waals surface area contributed by atoms with E-state index in [0.29, 0.717) is 21.4 Å². The molecule has 2 aliphatic heterocycles. The van der Waals surface area contributed by atoms with Gasteiger partial charge in [0.15, 0.2) is 17.6 Å². The Bertz CT molecular complexity index is 1230. The number of imide groups is 1. The highest BCUT2D eigenvalue weighted by atomic mass is 79.9. The Morgan fingerprint density at radius 3 is 2.33 bits per heavy atom. The molecule has 3 aromatic carbocycles. The molecule has 0 aliphatic carbocycles. The van der Waals surface area contributed by atoms with Gasteiger partial charge in [-0.15, -0.1) is 0 Å². The summed E-state index contributed by atoms with van der Waals surface area (Å²) in [5, 5.41) is 11.9. The summed E-state index contributed by atoms with van der Waals surface area (Å²) in [6.45, 7) is 1.94. The summed E-state index contributed by atoms with van der Waals surface area (Å²) in [4.78, 5) is 34.4. The summed E-state index contributed by atoms with van der Waals surface area (Å²) >= 11 is 3.36. The molecule has 8 heteroatoms. The first-order valence-electron chi connectivity index (χ1n) is 10.4. The Balaban J connectivity index is 1.62. The molecule has 0 unspecified atom stereocenters. The van der Waals surface area contributed by atoms with Crippen LogP contribution in [0.5, 0.6) is 11.5 Å². The fraction of sp³-hybridized carbons (Fsp3) is 0.200. The van der Waals surface area contributed by atoms with Crippen LogP contribution in [-0.4, -0.2) is 30.1 Å². The fourth-order valence-corrected chi connectivity index (χ4v) is 4.88. The number of amides is 2. The lowest BCUT2D eigenvalue weighted by molar-refractivity contribution is -0.126. The number of methoxy groups -OCH3 is 1. The minimum absolute atomic E-state index is 0.0434. The number of anilines is 2. The molecule has 0 aromatic heterocycles. The molecule has 168 valence electrons. The molecule has 2 aliphatic rings. The number of halogens is 1. The van der Waals surface area contributed by atoms with Gasteiger partial charge in [-0.3, -0.25) is 14.4 Å². The van der Waals surface area contributed by atoms with Gasteiger partial charge in [0, 0.05) is 0 Å². The molecule has 2 heterocycles. The van der Waals surface area contributed by atoms with Crippen molar-refractivity contribution in [3.05, 3.63) is 82.3 Å². The van der Waals surface area contributed by atoms with Crippen LogP contribution in [0, 0.1) is 12.8 Å². The third kappa shape index (κ3) is 3.46. The predicted octanol–water partition coefficient (Wildman–Crippen LogP) is 4.52.